The predicted molar refractivity (Wildman–Crippen MR) is 77.1 cm³/mol. The maximum Gasteiger partial charge on any atom is 0.166 e. The number of hydrogen-bond acceptors (Lipinski definition) is 2. The highest BCUT2D eigenvalue weighted by Crippen LogP contribution is 2.10. The van der Waals surface area contributed by atoms with Gasteiger partial charge in [-0.15, -0.1) is 0 Å². The van der Waals surface area contributed by atoms with Crippen LogP contribution in [0.4, 0.5) is 0 Å². The maximum absolute atomic E-state index is 5.24. The van der Waals surface area contributed by atoms with Crippen LogP contribution in [0.1, 0.15) is 18.5 Å². The molecule has 0 bridgehead atoms. The minimum Gasteiger partial charge on any atom is -0.361 e. The van der Waals surface area contributed by atoms with E-state index in [1.807, 2.05) is 32.3 Å². The van der Waals surface area contributed by atoms with Crippen molar-refractivity contribution in [3.8, 4) is 0 Å². The molecule has 0 aliphatic carbocycles. The molecular formula is C13H21N3S. The molecule has 0 aliphatic heterocycles. The molecule has 0 radical (unpaired) electrons. The second-order valence-corrected chi connectivity index (χ2v) is 4.74. The molecule has 17 heavy (non-hydrogen) atoms. The summed E-state index contributed by atoms with van der Waals surface area (Å²) in [5, 5.41) is 7.18. The number of nitrogens with one attached hydrogen (secondary N) is 2. The van der Waals surface area contributed by atoms with Crippen molar-refractivity contribution in [3.05, 3.63) is 35.9 Å². The summed E-state index contributed by atoms with van der Waals surface area (Å²) in [6.07, 6.45) is 0. The molecule has 2 N–H and O–H groups in total. The Hall–Kier alpha value is -1.13. The van der Waals surface area contributed by atoms with Gasteiger partial charge >= 0.3 is 0 Å². The van der Waals surface area contributed by atoms with Gasteiger partial charge in [-0.1, -0.05) is 30.3 Å². The van der Waals surface area contributed by atoms with Crippen LogP contribution in [0.15, 0.2) is 30.3 Å². The first kappa shape index (κ1) is 13.9. The number of nitrogens with zero attached hydrogens (tertiary/aromatic N) is 1. The molecule has 3 nitrogen and oxygen atoms in total. The van der Waals surface area contributed by atoms with Crippen LogP contribution in [0, 0.1) is 0 Å². The average Bonchev–Trinajstić information content (AvgIpc) is 2.29. The molecule has 4 heteroatoms. The molecule has 1 atom stereocenters. The molecule has 0 aliphatic rings. The number of hydrogen-bond donors (Lipinski definition) is 2. The molecule has 94 valence electrons. The van der Waals surface area contributed by atoms with E-state index >= 15 is 0 Å². The predicted octanol–water partition coefficient (Wildman–Crippen LogP) is 1.77. The number of rotatable bonds is 5. The fourth-order valence-corrected chi connectivity index (χ4v) is 1.74. The Morgan fingerprint density at radius 2 is 1.94 bits per heavy atom. The van der Waals surface area contributed by atoms with Crippen LogP contribution >= 0.6 is 12.2 Å². The van der Waals surface area contributed by atoms with Crippen molar-refractivity contribution in [3.63, 3.8) is 0 Å². The Balaban J connectivity index is 2.31. The third-order valence-corrected chi connectivity index (χ3v) is 2.75. The lowest BCUT2D eigenvalue weighted by molar-refractivity contribution is 0.412. The first-order valence-corrected chi connectivity index (χ1v) is 6.24. The monoisotopic (exact) mass is 251 g/mol. The van der Waals surface area contributed by atoms with Gasteiger partial charge in [0.15, 0.2) is 5.11 Å². The molecule has 0 amide bonds. The highest BCUT2D eigenvalue weighted by molar-refractivity contribution is 7.80. The summed E-state index contributed by atoms with van der Waals surface area (Å²) in [7, 11) is 4.09. The van der Waals surface area contributed by atoms with Gasteiger partial charge in [0.25, 0.3) is 0 Å². The van der Waals surface area contributed by atoms with Gasteiger partial charge in [0.05, 0.1) is 6.04 Å². The van der Waals surface area contributed by atoms with Gasteiger partial charge < -0.3 is 15.5 Å². The molecular weight excluding hydrogens is 230 g/mol. The van der Waals surface area contributed by atoms with Crippen LogP contribution < -0.4 is 10.6 Å². The smallest absolute Gasteiger partial charge is 0.166 e. The van der Waals surface area contributed by atoms with Gasteiger partial charge in [0.1, 0.15) is 0 Å². The summed E-state index contributed by atoms with van der Waals surface area (Å²) in [6, 6.07) is 10.5. The van der Waals surface area contributed by atoms with Crippen molar-refractivity contribution in [2.75, 3.05) is 27.2 Å². The summed E-state index contributed by atoms with van der Waals surface area (Å²) in [4.78, 5) is 2.12. The van der Waals surface area contributed by atoms with Gasteiger partial charge in [-0.05, 0) is 38.8 Å². The van der Waals surface area contributed by atoms with Crippen LogP contribution in [0.25, 0.3) is 0 Å². The van der Waals surface area contributed by atoms with Crippen LogP contribution in [0.3, 0.4) is 0 Å². The zero-order chi connectivity index (χ0) is 12.7. The molecule has 0 spiro atoms. The Labute approximate surface area is 109 Å². The summed E-state index contributed by atoms with van der Waals surface area (Å²) in [5.41, 5.74) is 1.24. The summed E-state index contributed by atoms with van der Waals surface area (Å²) in [5.74, 6) is 0. The molecule has 0 heterocycles. The molecule has 1 aromatic carbocycles. The minimum absolute atomic E-state index is 0.232. The van der Waals surface area contributed by atoms with Gasteiger partial charge in [0.2, 0.25) is 0 Å². The molecule has 0 saturated heterocycles. The SMILES string of the molecule is C[C@H](NC(=S)NCCN(C)C)c1ccccc1. The fraction of sp³-hybridized carbons (Fsp3) is 0.462. The van der Waals surface area contributed by atoms with E-state index in [-0.39, 0.29) is 6.04 Å². The Morgan fingerprint density at radius 1 is 1.29 bits per heavy atom. The second kappa shape index (κ2) is 7.25. The lowest BCUT2D eigenvalue weighted by Gasteiger charge is -2.18. The molecule has 0 saturated carbocycles. The van der Waals surface area contributed by atoms with Crippen molar-refractivity contribution < 1.29 is 0 Å². The Morgan fingerprint density at radius 3 is 2.53 bits per heavy atom. The molecule has 1 rings (SSSR count). The zero-order valence-electron chi connectivity index (χ0n) is 10.7. The topological polar surface area (TPSA) is 27.3 Å². The molecule has 0 unspecified atom stereocenters. The van der Waals surface area contributed by atoms with Gasteiger partial charge in [0, 0.05) is 13.1 Å². The quantitative estimate of drug-likeness (QED) is 0.780. The van der Waals surface area contributed by atoms with Crippen LogP contribution in [-0.2, 0) is 0 Å². The molecule has 0 fully saturated rings. The van der Waals surface area contributed by atoms with Crippen molar-refractivity contribution in [1.29, 1.82) is 0 Å². The minimum atomic E-state index is 0.232. The van der Waals surface area contributed by atoms with Gasteiger partial charge in [-0.3, -0.25) is 0 Å². The van der Waals surface area contributed by atoms with E-state index < -0.39 is 0 Å². The van der Waals surface area contributed by atoms with Crippen molar-refractivity contribution in [2.45, 2.75) is 13.0 Å². The summed E-state index contributed by atoms with van der Waals surface area (Å²) >= 11 is 5.24. The van der Waals surface area contributed by atoms with Crippen molar-refractivity contribution in [2.24, 2.45) is 0 Å². The normalized spacial score (nSPS) is 12.2. The van der Waals surface area contributed by atoms with Crippen molar-refractivity contribution >= 4 is 17.3 Å². The third kappa shape index (κ3) is 5.65. The number of benzene rings is 1. The number of likely N-dealkylation sites (N-methyl/N-ethyl adjacent to an activating group) is 1. The van der Waals surface area contributed by atoms with E-state index in [0.717, 1.165) is 13.1 Å². The van der Waals surface area contributed by atoms with E-state index in [1.54, 1.807) is 0 Å². The van der Waals surface area contributed by atoms with E-state index in [0.29, 0.717) is 5.11 Å². The van der Waals surface area contributed by atoms with Gasteiger partial charge in [-0.25, -0.2) is 0 Å². The van der Waals surface area contributed by atoms with Crippen LogP contribution in [0.5, 0.6) is 0 Å². The van der Waals surface area contributed by atoms with E-state index in [9.17, 15) is 0 Å². The average molecular weight is 251 g/mol. The standard InChI is InChI=1S/C13H21N3S/c1-11(12-7-5-4-6-8-12)15-13(17)14-9-10-16(2)3/h4-8,11H,9-10H2,1-3H3,(H2,14,15,17)/t11-/m0/s1. The molecule has 1 aromatic rings. The maximum atomic E-state index is 5.24. The lowest BCUT2D eigenvalue weighted by atomic mass is 10.1. The molecule has 0 aromatic heterocycles. The van der Waals surface area contributed by atoms with Crippen LogP contribution in [0.2, 0.25) is 0 Å². The fourth-order valence-electron chi connectivity index (χ4n) is 1.47. The lowest BCUT2D eigenvalue weighted by Crippen LogP contribution is -2.39. The Bertz CT molecular complexity index is 338. The van der Waals surface area contributed by atoms with Crippen molar-refractivity contribution in [1.82, 2.24) is 15.5 Å². The largest absolute Gasteiger partial charge is 0.361 e. The second-order valence-electron chi connectivity index (χ2n) is 4.34. The zero-order valence-corrected chi connectivity index (χ0v) is 11.6. The first-order chi connectivity index (χ1) is 8.09. The summed E-state index contributed by atoms with van der Waals surface area (Å²) in [6.45, 7) is 3.94. The highest BCUT2D eigenvalue weighted by atomic mass is 32.1. The first-order valence-electron chi connectivity index (χ1n) is 5.83. The summed E-state index contributed by atoms with van der Waals surface area (Å²) < 4.78 is 0. The van der Waals surface area contributed by atoms with E-state index in [4.69, 9.17) is 12.2 Å². The Kier molecular flexibility index (Phi) is 5.94. The number of thiocarbonyl (C=S) groups is 1. The van der Waals surface area contributed by atoms with Gasteiger partial charge in [-0.2, -0.15) is 0 Å². The van der Waals surface area contributed by atoms with E-state index in [1.165, 1.54) is 5.56 Å². The highest BCUT2D eigenvalue weighted by Gasteiger charge is 2.05. The van der Waals surface area contributed by atoms with E-state index in [2.05, 4.69) is 34.6 Å². The third-order valence-electron chi connectivity index (χ3n) is 2.49. The van der Waals surface area contributed by atoms with Crippen LogP contribution in [-0.4, -0.2) is 37.2 Å².